The molecule has 1 aromatic carbocycles. The lowest BCUT2D eigenvalue weighted by Crippen LogP contribution is -2.41. The number of nitrogens with zero attached hydrogens (tertiary/aromatic N) is 1. The van der Waals surface area contributed by atoms with E-state index in [1.807, 2.05) is 30.0 Å². The minimum absolute atomic E-state index is 0.0218. The van der Waals surface area contributed by atoms with E-state index in [0.29, 0.717) is 49.1 Å². The Kier molecular flexibility index (Phi) is 10.5. The summed E-state index contributed by atoms with van der Waals surface area (Å²) in [7, 11) is 0. The number of fused-ring (bicyclic) bond motifs is 1. The minimum Gasteiger partial charge on any atom is -0.396 e. The van der Waals surface area contributed by atoms with Gasteiger partial charge in [-0.25, -0.2) is 0 Å². The van der Waals surface area contributed by atoms with E-state index in [1.165, 1.54) is 24.0 Å². The van der Waals surface area contributed by atoms with E-state index in [4.69, 9.17) is 0 Å². The van der Waals surface area contributed by atoms with Gasteiger partial charge in [0, 0.05) is 31.0 Å². The second-order valence-electron chi connectivity index (χ2n) is 15.3. The van der Waals surface area contributed by atoms with Crippen molar-refractivity contribution >= 4 is 5.91 Å². The zero-order chi connectivity index (χ0) is 32.5. The summed E-state index contributed by atoms with van der Waals surface area (Å²) >= 11 is 0. The molecule has 1 aromatic rings. The van der Waals surface area contributed by atoms with Crippen LogP contribution in [0.5, 0.6) is 0 Å². The molecule has 0 spiro atoms. The monoisotopic (exact) mass is 619 g/mol. The molecule has 3 saturated carbocycles. The lowest BCUT2D eigenvalue weighted by molar-refractivity contribution is -0.143. The number of amides is 1. The molecule has 5 rings (SSSR count). The Hall–Kier alpha value is -2.25. The van der Waals surface area contributed by atoms with E-state index in [-0.39, 0.29) is 35.8 Å². The van der Waals surface area contributed by atoms with Crippen LogP contribution in [0.2, 0.25) is 0 Å². The third kappa shape index (κ3) is 6.63. The normalized spacial score (nSPS) is 39.6. The van der Waals surface area contributed by atoms with Gasteiger partial charge < -0.3 is 25.3 Å². The predicted octanol–water partition coefficient (Wildman–Crippen LogP) is 5.99. The smallest absolute Gasteiger partial charge is 0.254 e. The van der Waals surface area contributed by atoms with E-state index in [1.54, 1.807) is 6.92 Å². The first kappa shape index (κ1) is 34.1. The van der Waals surface area contributed by atoms with Crippen molar-refractivity contribution in [1.82, 2.24) is 4.90 Å². The van der Waals surface area contributed by atoms with E-state index < -0.39 is 17.8 Å². The first-order valence-corrected chi connectivity index (χ1v) is 17.5. The van der Waals surface area contributed by atoms with Gasteiger partial charge in [-0.3, -0.25) is 4.79 Å². The van der Waals surface area contributed by atoms with Gasteiger partial charge in [-0.15, -0.1) is 0 Å². The van der Waals surface area contributed by atoms with Gasteiger partial charge in [0.25, 0.3) is 5.91 Å². The van der Waals surface area contributed by atoms with Gasteiger partial charge in [-0.05, 0) is 111 Å². The fraction of sp³-hybridized carbons (Fsp3) is 0.667. The molecule has 10 atom stereocenters. The lowest BCUT2D eigenvalue weighted by atomic mass is 9.60. The van der Waals surface area contributed by atoms with Crippen molar-refractivity contribution < 1.29 is 25.2 Å². The zero-order valence-electron chi connectivity index (χ0n) is 28.0. The Morgan fingerprint density at radius 1 is 1.13 bits per heavy atom. The van der Waals surface area contributed by atoms with Crippen LogP contribution in [0.4, 0.5) is 0 Å². The molecular weight excluding hydrogens is 562 g/mol. The fourth-order valence-electron chi connectivity index (χ4n) is 9.76. The Morgan fingerprint density at radius 3 is 2.58 bits per heavy atom. The van der Waals surface area contributed by atoms with Crippen LogP contribution in [0.25, 0.3) is 0 Å². The molecule has 1 amide bonds. The van der Waals surface area contributed by atoms with Crippen molar-refractivity contribution in [3.8, 4) is 0 Å². The van der Waals surface area contributed by atoms with E-state index >= 15 is 0 Å². The van der Waals surface area contributed by atoms with Crippen molar-refractivity contribution in [3.05, 3.63) is 71.3 Å². The summed E-state index contributed by atoms with van der Waals surface area (Å²) < 4.78 is 0. The Bertz CT molecular complexity index is 1270. The van der Waals surface area contributed by atoms with Gasteiger partial charge in [0.1, 0.15) is 5.60 Å². The third-order valence-corrected chi connectivity index (χ3v) is 12.7. The molecule has 0 aromatic heterocycles. The maximum atomic E-state index is 13.5. The van der Waals surface area contributed by atoms with Crippen molar-refractivity contribution in [3.63, 3.8) is 0 Å². The summed E-state index contributed by atoms with van der Waals surface area (Å²) in [6.45, 7) is 13.5. The summed E-state index contributed by atoms with van der Waals surface area (Å²) in [5, 5.41) is 42.1. The number of carbonyl (C=O) groups is 1. The van der Waals surface area contributed by atoms with Crippen LogP contribution >= 0.6 is 0 Å². The first-order chi connectivity index (χ1) is 21.4. The van der Waals surface area contributed by atoms with Crippen LogP contribution in [0.15, 0.2) is 65.8 Å². The number of aliphatic hydroxyl groups is 4. The summed E-state index contributed by atoms with van der Waals surface area (Å²) in [4.78, 5) is 15.4. The zero-order valence-corrected chi connectivity index (χ0v) is 28.0. The number of rotatable bonds is 10. The molecule has 0 radical (unpaired) electrons. The van der Waals surface area contributed by atoms with Crippen LogP contribution in [0.1, 0.15) is 91.0 Å². The molecule has 0 bridgehead atoms. The van der Waals surface area contributed by atoms with Crippen LogP contribution < -0.4 is 0 Å². The van der Waals surface area contributed by atoms with Gasteiger partial charge in [0.2, 0.25) is 0 Å². The number of carbonyl (C=O) groups excluding carboxylic acids is 1. The summed E-state index contributed by atoms with van der Waals surface area (Å²) in [5.41, 5.74) is 3.16. The largest absolute Gasteiger partial charge is 0.396 e. The van der Waals surface area contributed by atoms with E-state index in [2.05, 4.69) is 44.7 Å². The highest BCUT2D eigenvalue weighted by molar-refractivity contribution is 5.87. The Labute approximate surface area is 270 Å². The molecule has 0 unspecified atom stereocenters. The number of benzene rings is 1. The molecule has 3 aliphatic carbocycles. The second-order valence-corrected chi connectivity index (χ2v) is 15.3. The Morgan fingerprint density at radius 2 is 1.87 bits per heavy atom. The number of aliphatic hydroxyl groups excluding tert-OH is 3. The number of hydrogen-bond donors (Lipinski definition) is 4. The highest BCUT2D eigenvalue weighted by Gasteiger charge is 2.55. The van der Waals surface area contributed by atoms with Crippen molar-refractivity contribution in [1.29, 1.82) is 0 Å². The topological polar surface area (TPSA) is 101 Å². The van der Waals surface area contributed by atoms with Gasteiger partial charge >= 0.3 is 0 Å². The summed E-state index contributed by atoms with van der Waals surface area (Å²) in [6.07, 6.45) is 12.0. The van der Waals surface area contributed by atoms with Crippen LogP contribution in [-0.4, -0.2) is 68.2 Å². The molecule has 1 aliphatic heterocycles. The van der Waals surface area contributed by atoms with E-state index in [9.17, 15) is 25.2 Å². The average molecular weight is 620 g/mol. The van der Waals surface area contributed by atoms with Gasteiger partial charge in [0.15, 0.2) is 0 Å². The number of hydrogen-bond acceptors (Lipinski definition) is 5. The fourth-order valence-corrected chi connectivity index (χ4v) is 9.76. The Balaban J connectivity index is 1.29. The third-order valence-electron chi connectivity index (χ3n) is 12.7. The van der Waals surface area contributed by atoms with Gasteiger partial charge in [-0.1, -0.05) is 75.4 Å². The molecule has 1 heterocycles. The quantitative estimate of drug-likeness (QED) is 0.258. The molecule has 4 N–H and O–H groups in total. The lowest BCUT2D eigenvalue weighted by Gasteiger charge is -2.45. The van der Waals surface area contributed by atoms with Crippen molar-refractivity contribution in [2.45, 2.75) is 116 Å². The molecule has 4 fully saturated rings. The van der Waals surface area contributed by atoms with Crippen molar-refractivity contribution in [2.24, 2.45) is 35.0 Å². The number of likely N-dealkylation sites (tertiary alicyclic amines) is 1. The molecular formula is C39H57NO5. The van der Waals surface area contributed by atoms with Crippen LogP contribution in [-0.2, 0) is 11.2 Å². The average Bonchev–Trinajstić information content (AvgIpc) is 3.45. The van der Waals surface area contributed by atoms with Gasteiger partial charge in [-0.2, -0.15) is 0 Å². The van der Waals surface area contributed by atoms with Crippen LogP contribution in [0.3, 0.4) is 0 Å². The number of allylic oxidation sites excluding steroid dienone is 3. The molecule has 4 aliphatic rings. The highest BCUT2D eigenvalue weighted by Crippen LogP contribution is 2.60. The van der Waals surface area contributed by atoms with Crippen molar-refractivity contribution in [2.75, 3.05) is 13.2 Å². The standard InChI is InChI=1S/C39H57NO5/c1-25(23-34-27(3)39(5,45)37(44)40(34)21-19-28-11-7-6-8-12-28)32-17-18-33-29(13-9-20-38(32,33)4)15-16-30-24-35(42)31(14-10-22-41)36(43)26(30)2/h6-8,11-12,15-16,25,27,31-36,41-43,45H,2,9-10,13-14,17-24H2,1,3-5H3/b29-15+,30-16-/t25-,27+,31+,32-,33+,34+,35-,36-,38-,39+/m1/s1. The van der Waals surface area contributed by atoms with Crippen LogP contribution in [0, 0.1) is 35.0 Å². The molecule has 45 heavy (non-hydrogen) atoms. The highest BCUT2D eigenvalue weighted by atomic mass is 16.3. The maximum absolute atomic E-state index is 13.5. The molecule has 248 valence electrons. The minimum atomic E-state index is -1.33. The van der Waals surface area contributed by atoms with E-state index in [0.717, 1.165) is 37.7 Å². The summed E-state index contributed by atoms with van der Waals surface area (Å²) in [6, 6.07) is 10.3. The molecule has 6 nitrogen and oxygen atoms in total. The maximum Gasteiger partial charge on any atom is 0.254 e. The summed E-state index contributed by atoms with van der Waals surface area (Å²) in [5.74, 6) is 0.932. The molecule has 6 heteroatoms. The predicted molar refractivity (Wildman–Crippen MR) is 179 cm³/mol. The second kappa shape index (κ2) is 13.9. The first-order valence-electron chi connectivity index (χ1n) is 17.5. The SMILES string of the molecule is C=C1/C(=C\C=C2/CCC[C@]3(C)[C@@H]([C@H](C)C[C@H]4[C@H](C)[C@](C)(O)C(=O)N4CCc4ccccc4)CC[C@@H]23)C[C@@H](O)[C@H](CCCO)[C@@H]1O. The molecule has 1 saturated heterocycles. The van der Waals surface area contributed by atoms with Gasteiger partial charge in [0.05, 0.1) is 12.2 Å².